The van der Waals surface area contributed by atoms with Crippen molar-refractivity contribution in [3.8, 4) is 0 Å². The molecule has 1 aliphatic heterocycles. The Morgan fingerprint density at radius 2 is 2.10 bits per heavy atom. The molecule has 2 rings (SSSR count). The van der Waals surface area contributed by atoms with Gasteiger partial charge in [0.15, 0.2) is 0 Å². The number of amides is 1. The summed E-state index contributed by atoms with van der Waals surface area (Å²) in [5.74, 6) is -1.36. The number of carbonyl (C=O) groups excluding carboxylic acids is 1. The zero-order chi connectivity index (χ0) is 14.5. The van der Waals surface area contributed by atoms with Crippen molar-refractivity contribution in [3.05, 3.63) is 39.7 Å². The minimum absolute atomic E-state index is 0.0968. The van der Waals surface area contributed by atoms with E-state index in [1.165, 1.54) is 18.9 Å². The van der Waals surface area contributed by atoms with E-state index >= 15 is 0 Å². The van der Waals surface area contributed by atoms with Gasteiger partial charge >= 0.3 is 5.69 Å². The number of nitro benzene ring substituents is 1. The summed E-state index contributed by atoms with van der Waals surface area (Å²) in [5, 5.41) is 13.3. The Bertz CT molecular complexity index is 516. The van der Waals surface area contributed by atoms with E-state index in [1.54, 1.807) is 0 Å². The Balaban J connectivity index is 1.91. The fraction of sp³-hybridized carbons (Fsp3) is 0.462. The van der Waals surface area contributed by atoms with Crippen LogP contribution in [0.2, 0.25) is 0 Å². The highest BCUT2D eigenvalue weighted by atomic mass is 19.1. The van der Waals surface area contributed by atoms with Gasteiger partial charge in [-0.1, -0.05) is 0 Å². The standard InChI is InChI=1S/C13H16FN3O3/c14-11-4-3-10(9-12(11)17(19)20)13(18)15-5-8-16-6-1-2-7-16/h3-4,9H,1-2,5-8H2,(H,15,18). The van der Waals surface area contributed by atoms with Crippen LogP contribution in [0.1, 0.15) is 23.2 Å². The van der Waals surface area contributed by atoms with Crippen molar-refractivity contribution in [2.45, 2.75) is 12.8 Å². The van der Waals surface area contributed by atoms with E-state index < -0.39 is 22.3 Å². The Morgan fingerprint density at radius 1 is 1.40 bits per heavy atom. The summed E-state index contributed by atoms with van der Waals surface area (Å²) in [6, 6.07) is 3.14. The lowest BCUT2D eigenvalue weighted by Crippen LogP contribution is -2.33. The summed E-state index contributed by atoms with van der Waals surface area (Å²) in [6.07, 6.45) is 2.36. The minimum Gasteiger partial charge on any atom is -0.351 e. The van der Waals surface area contributed by atoms with Crippen molar-refractivity contribution in [2.24, 2.45) is 0 Å². The van der Waals surface area contributed by atoms with Crippen LogP contribution in [0.5, 0.6) is 0 Å². The smallest absolute Gasteiger partial charge is 0.305 e. The number of halogens is 1. The van der Waals surface area contributed by atoms with Gasteiger partial charge in [-0.3, -0.25) is 14.9 Å². The molecule has 1 aliphatic rings. The van der Waals surface area contributed by atoms with E-state index in [2.05, 4.69) is 10.2 Å². The average molecular weight is 281 g/mol. The molecule has 1 fully saturated rings. The van der Waals surface area contributed by atoms with E-state index in [0.717, 1.165) is 31.8 Å². The van der Waals surface area contributed by atoms with E-state index in [4.69, 9.17) is 0 Å². The molecule has 0 spiro atoms. The van der Waals surface area contributed by atoms with Gasteiger partial charge in [-0.05, 0) is 38.1 Å². The highest BCUT2D eigenvalue weighted by Gasteiger charge is 2.17. The molecular formula is C13H16FN3O3. The number of likely N-dealkylation sites (tertiary alicyclic amines) is 1. The zero-order valence-electron chi connectivity index (χ0n) is 11.0. The molecule has 0 saturated carbocycles. The lowest BCUT2D eigenvalue weighted by Gasteiger charge is -2.14. The lowest BCUT2D eigenvalue weighted by atomic mass is 10.2. The van der Waals surface area contributed by atoms with Crippen LogP contribution in [0, 0.1) is 15.9 Å². The van der Waals surface area contributed by atoms with Gasteiger partial charge in [0, 0.05) is 24.7 Å². The number of hydrogen-bond acceptors (Lipinski definition) is 4. The Labute approximate surface area is 115 Å². The summed E-state index contributed by atoms with van der Waals surface area (Å²) < 4.78 is 13.2. The fourth-order valence-electron chi connectivity index (χ4n) is 2.23. The number of hydrogen-bond donors (Lipinski definition) is 1. The number of nitrogens with one attached hydrogen (secondary N) is 1. The molecule has 0 unspecified atom stereocenters. The average Bonchev–Trinajstić information content (AvgIpc) is 2.92. The molecule has 20 heavy (non-hydrogen) atoms. The van der Waals surface area contributed by atoms with Gasteiger partial charge in [0.1, 0.15) is 0 Å². The summed E-state index contributed by atoms with van der Waals surface area (Å²) in [7, 11) is 0. The lowest BCUT2D eigenvalue weighted by molar-refractivity contribution is -0.387. The molecule has 1 saturated heterocycles. The highest BCUT2D eigenvalue weighted by Crippen LogP contribution is 2.18. The van der Waals surface area contributed by atoms with Crippen molar-refractivity contribution in [3.63, 3.8) is 0 Å². The third kappa shape index (κ3) is 3.51. The molecular weight excluding hydrogens is 265 g/mol. The first-order chi connectivity index (χ1) is 9.58. The molecule has 1 aromatic rings. The second-order valence-electron chi connectivity index (χ2n) is 4.73. The first kappa shape index (κ1) is 14.4. The second-order valence-corrected chi connectivity index (χ2v) is 4.73. The minimum atomic E-state index is -0.941. The van der Waals surface area contributed by atoms with Crippen LogP contribution in [0.15, 0.2) is 18.2 Å². The van der Waals surface area contributed by atoms with E-state index in [-0.39, 0.29) is 5.56 Å². The van der Waals surface area contributed by atoms with Crippen LogP contribution in [-0.2, 0) is 0 Å². The van der Waals surface area contributed by atoms with Gasteiger partial charge in [-0.15, -0.1) is 0 Å². The predicted octanol–water partition coefficient (Wildman–Crippen LogP) is 1.56. The van der Waals surface area contributed by atoms with Gasteiger partial charge in [0.05, 0.1) is 4.92 Å². The number of nitro groups is 1. The van der Waals surface area contributed by atoms with Crippen molar-refractivity contribution < 1.29 is 14.1 Å². The monoisotopic (exact) mass is 281 g/mol. The maximum atomic E-state index is 13.2. The molecule has 6 nitrogen and oxygen atoms in total. The Hall–Kier alpha value is -2.02. The summed E-state index contributed by atoms with van der Waals surface area (Å²) >= 11 is 0. The number of carbonyl (C=O) groups is 1. The van der Waals surface area contributed by atoms with Crippen LogP contribution in [-0.4, -0.2) is 41.9 Å². The van der Waals surface area contributed by atoms with Crippen LogP contribution in [0.25, 0.3) is 0 Å². The maximum absolute atomic E-state index is 13.2. The third-order valence-corrected chi connectivity index (χ3v) is 3.32. The first-order valence-electron chi connectivity index (χ1n) is 6.52. The van der Waals surface area contributed by atoms with Crippen molar-refractivity contribution in [1.29, 1.82) is 0 Å². The highest BCUT2D eigenvalue weighted by molar-refractivity contribution is 5.94. The molecule has 0 aromatic heterocycles. The molecule has 108 valence electrons. The van der Waals surface area contributed by atoms with Gasteiger partial charge in [-0.25, -0.2) is 0 Å². The predicted molar refractivity (Wildman–Crippen MR) is 71.1 cm³/mol. The molecule has 1 amide bonds. The number of benzene rings is 1. The number of rotatable bonds is 5. The first-order valence-corrected chi connectivity index (χ1v) is 6.52. The molecule has 0 bridgehead atoms. The third-order valence-electron chi connectivity index (χ3n) is 3.32. The van der Waals surface area contributed by atoms with E-state index in [9.17, 15) is 19.3 Å². The molecule has 0 atom stereocenters. The van der Waals surface area contributed by atoms with Gasteiger partial charge in [-0.2, -0.15) is 4.39 Å². The summed E-state index contributed by atoms with van der Waals surface area (Å²) in [6.45, 7) is 3.31. The van der Waals surface area contributed by atoms with Crippen LogP contribution in [0.4, 0.5) is 10.1 Å². The Kier molecular flexibility index (Phi) is 4.62. The molecule has 0 radical (unpaired) electrons. The quantitative estimate of drug-likeness (QED) is 0.656. The molecule has 0 aliphatic carbocycles. The number of nitrogens with zero attached hydrogens (tertiary/aromatic N) is 2. The van der Waals surface area contributed by atoms with Gasteiger partial charge in [0.25, 0.3) is 5.91 Å². The van der Waals surface area contributed by atoms with Gasteiger partial charge in [0.2, 0.25) is 5.82 Å². The summed E-state index contributed by atoms with van der Waals surface area (Å²) in [4.78, 5) is 23.8. The van der Waals surface area contributed by atoms with E-state index in [0.29, 0.717) is 6.54 Å². The van der Waals surface area contributed by atoms with Crippen LogP contribution < -0.4 is 5.32 Å². The maximum Gasteiger partial charge on any atom is 0.305 e. The fourth-order valence-corrected chi connectivity index (χ4v) is 2.23. The second kappa shape index (κ2) is 6.42. The molecule has 1 heterocycles. The molecule has 7 heteroatoms. The molecule has 1 N–H and O–H groups in total. The SMILES string of the molecule is O=C(NCCN1CCCC1)c1ccc(F)c([N+](=O)[O-])c1. The Morgan fingerprint density at radius 3 is 2.75 bits per heavy atom. The van der Waals surface area contributed by atoms with Gasteiger partial charge < -0.3 is 10.2 Å². The van der Waals surface area contributed by atoms with Crippen LogP contribution >= 0.6 is 0 Å². The summed E-state index contributed by atoms with van der Waals surface area (Å²) in [5.41, 5.74) is -0.586. The normalized spacial score (nSPS) is 15.2. The zero-order valence-corrected chi connectivity index (χ0v) is 11.0. The largest absolute Gasteiger partial charge is 0.351 e. The van der Waals surface area contributed by atoms with E-state index in [1.807, 2.05) is 0 Å². The van der Waals surface area contributed by atoms with Crippen molar-refractivity contribution in [2.75, 3.05) is 26.2 Å². The van der Waals surface area contributed by atoms with Crippen molar-refractivity contribution >= 4 is 11.6 Å². The van der Waals surface area contributed by atoms with Crippen LogP contribution in [0.3, 0.4) is 0 Å². The van der Waals surface area contributed by atoms with Crippen molar-refractivity contribution in [1.82, 2.24) is 10.2 Å². The molecule has 1 aromatic carbocycles. The topological polar surface area (TPSA) is 75.5 Å².